The summed E-state index contributed by atoms with van der Waals surface area (Å²) in [7, 11) is 0. The summed E-state index contributed by atoms with van der Waals surface area (Å²) in [5.41, 5.74) is 6.20. The van der Waals surface area contributed by atoms with E-state index in [4.69, 9.17) is 4.52 Å². The van der Waals surface area contributed by atoms with Gasteiger partial charge in [-0.15, -0.1) is 0 Å². The van der Waals surface area contributed by atoms with Crippen LogP contribution in [0.4, 0.5) is 5.69 Å². The molecule has 0 N–H and O–H groups in total. The van der Waals surface area contributed by atoms with Crippen LogP contribution >= 0.6 is 0 Å². The Hall–Kier alpha value is -2.95. The summed E-state index contributed by atoms with van der Waals surface area (Å²) in [6.45, 7) is 4.44. The molecule has 4 rings (SSSR count). The van der Waals surface area contributed by atoms with E-state index in [1.165, 1.54) is 5.56 Å². The van der Waals surface area contributed by atoms with Crippen molar-refractivity contribution in [3.63, 3.8) is 0 Å². The molecule has 1 amide bonds. The fraction of sp³-hybridized carbons (Fsp3) is 0.250. The molecule has 0 atom stereocenters. The Bertz CT molecular complexity index is 912. The number of aromatic nitrogens is 2. The Labute approximate surface area is 146 Å². The monoisotopic (exact) mass is 333 g/mol. The van der Waals surface area contributed by atoms with E-state index in [1.807, 2.05) is 36.9 Å². The van der Waals surface area contributed by atoms with Gasteiger partial charge in [0.1, 0.15) is 5.76 Å². The molecule has 0 spiro atoms. The Balaban J connectivity index is 1.59. The van der Waals surface area contributed by atoms with Crippen LogP contribution in [0.2, 0.25) is 0 Å². The largest absolute Gasteiger partial charge is 0.361 e. The van der Waals surface area contributed by atoms with Gasteiger partial charge in [-0.2, -0.15) is 0 Å². The van der Waals surface area contributed by atoms with Gasteiger partial charge in [-0.25, -0.2) is 0 Å². The molecular weight excluding hydrogens is 314 g/mol. The first-order valence-corrected chi connectivity index (χ1v) is 8.39. The highest BCUT2D eigenvalue weighted by molar-refractivity contribution is 5.97. The van der Waals surface area contributed by atoms with Crippen LogP contribution in [-0.4, -0.2) is 22.6 Å². The molecule has 0 bridgehead atoms. The van der Waals surface area contributed by atoms with E-state index in [0.717, 1.165) is 46.8 Å². The highest BCUT2D eigenvalue weighted by Crippen LogP contribution is 2.32. The molecule has 2 aromatic heterocycles. The fourth-order valence-corrected chi connectivity index (χ4v) is 3.39. The minimum atomic E-state index is 0.0878. The lowest BCUT2D eigenvalue weighted by atomic mass is 10.0. The Morgan fingerprint density at radius 2 is 1.96 bits per heavy atom. The Kier molecular flexibility index (Phi) is 3.84. The van der Waals surface area contributed by atoms with E-state index in [9.17, 15) is 4.79 Å². The molecule has 1 aliphatic heterocycles. The summed E-state index contributed by atoms with van der Waals surface area (Å²) in [4.78, 5) is 18.7. The number of hydrogen-bond donors (Lipinski definition) is 0. The molecule has 126 valence electrons. The van der Waals surface area contributed by atoms with Gasteiger partial charge < -0.3 is 9.42 Å². The molecule has 3 heterocycles. The number of nitrogens with zero attached hydrogens (tertiary/aromatic N) is 3. The maximum absolute atomic E-state index is 12.8. The predicted molar refractivity (Wildman–Crippen MR) is 95.4 cm³/mol. The second-order valence-corrected chi connectivity index (χ2v) is 6.35. The van der Waals surface area contributed by atoms with Gasteiger partial charge >= 0.3 is 0 Å². The molecule has 25 heavy (non-hydrogen) atoms. The van der Waals surface area contributed by atoms with Crippen LogP contribution < -0.4 is 4.90 Å². The van der Waals surface area contributed by atoms with Gasteiger partial charge in [-0.1, -0.05) is 11.2 Å². The molecule has 5 heteroatoms. The predicted octanol–water partition coefficient (Wildman–Crippen LogP) is 3.49. The molecule has 1 aromatic carbocycles. The van der Waals surface area contributed by atoms with Crippen molar-refractivity contribution in [3.05, 3.63) is 65.3 Å². The number of carbonyl (C=O) groups excluding carboxylic acids is 1. The van der Waals surface area contributed by atoms with E-state index in [0.29, 0.717) is 6.42 Å². The number of rotatable bonds is 3. The summed E-state index contributed by atoms with van der Waals surface area (Å²) >= 11 is 0. The van der Waals surface area contributed by atoms with Crippen molar-refractivity contribution in [2.24, 2.45) is 0 Å². The van der Waals surface area contributed by atoms with Crippen molar-refractivity contribution in [1.29, 1.82) is 0 Å². The summed E-state index contributed by atoms with van der Waals surface area (Å²) in [6, 6.07) is 10.3. The fourth-order valence-electron chi connectivity index (χ4n) is 3.39. The highest BCUT2D eigenvalue weighted by Gasteiger charge is 2.26. The van der Waals surface area contributed by atoms with Gasteiger partial charge in [0.2, 0.25) is 5.91 Å². The number of pyridine rings is 1. The number of amides is 1. The lowest BCUT2D eigenvalue weighted by Crippen LogP contribution is -2.30. The molecule has 3 aromatic rings. The van der Waals surface area contributed by atoms with Crippen LogP contribution in [-0.2, 0) is 17.6 Å². The molecule has 0 fully saturated rings. The Morgan fingerprint density at radius 1 is 1.16 bits per heavy atom. The van der Waals surface area contributed by atoms with Crippen LogP contribution in [0.15, 0.2) is 47.2 Å². The van der Waals surface area contributed by atoms with E-state index < -0.39 is 0 Å². The third-order valence-corrected chi connectivity index (χ3v) is 4.80. The maximum Gasteiger partial charge on any atom is 0.231 e. The smallest absolute Gasteiger partial charge is 0.231 e. The van der Waals surface area contributed by atoms with E-state index >= 15 is 0 Å². The normalized spacial score (nSPS) is 13.1. The van der Waals surface area contributed by atoms with Crippen LogP contribution in [0.3, 0.4) is 0 Å². The first-order valence-electron chi connectivity index (χ1n) is 8.39. The second-order valence-electron chi connectivity index (χ2n) is 6.35. The van der Waals surface area contributed by atoms with E-state index in [2.05, 4.69) is 22.3 Å². The molecule has 0 saturated heterocycles. The van der Waals surface area contributed by atoms with Crippen molar-refractivity contribution in [2.75, 3.05) is 11.4 Å². The summed E-state index contributed by atoms with van der Waals surface area (Å²) < 4.78 is 5.17. The number of anilines is 1. The molecule has 0 unspecified atom stereocenters. The minimum Gasteiger partial charge on any atom is -0.361 e. The second kappa shape index (κ2) is 6.16. The van der Waals surface area contributed by atoms with Gasteiger partial charge in [0, 0.05) is 30.2 Å². The summed E-state index contributed by atoms with van der Waals surface area (Å²) in [6.07, 6.45) is 4.79. The minimum absolute atomic E-state index is 0.0878. The van der Waals surface area contributed by atoms with Gasteiger partial charge in [0.25, 0.3) is 0 Å². The molecule has 0 aliphatic carbocycles. The summed E-state index contributed by atoms with van der Waals surface area (Å²) in [5.74, 6) is 0.808. The molecule has 1 aliphatic rings. The third kappa shape index (κ3) is 2.82. The van der Waals surface area contributed by atoms with Gasteiger partial charge in [0.05, 0.1) is 12.1 Å². The molecule has 0 radical (unpaired) electrons. The number of carbonyl (C=O) groups is 1. The number of hydrogen-bond acceptors (Lipinski definition) is 4. The van der Waals surface area contributed by atoms with Crippen molar-refractivity contribution < 1.29 is 9.32 Å². The quantitative estimate of drug-likeness (QED) is 0.736. The number of fused-ring (bicyclic) bond motifs is 1. The SMILES string of the molecule is Cc1noc(C)c1CC(=O)N1CCc2cc(-c3ccncc3)ccc21. The molecule has 5 nitrogen and oxygen atoms in total. The van der Waals surface area contributed by atoms with Gasteiger partial charge in [-0.05, 0) is 61.2 Å². The number of aryl methyl sites for hydroxylation is 2. The topological polar surface area (TPSA) is 59.2 Å². The van der Waals surface area contributed by atoms with Crippen molar-refractivity contribution in [3.8, 4) is 11.1 Å². The van der Waals surface area contributed by atoms with E-state index in [-0.39, 0.29) is 5.91 Å². The van der Waals surface area contributed by atoms with Crippen molar-refractivity contribution in [1.82, 2.24) is 10.1 Å². The zero-order valence-electron chi connectivity index (χ0n) is 14.3. The van der Waals surface area contributed by atoms with Crippen LogP contribution in [0, 0.1) is 13.8 Å². The average molecular weight is 333 g/mol. The van der Waals surface area contributed by atoms with Crippen LogP contribution in [0.25, 0.3) is 11.1 Å². The molecular formula is C20H19N3O2. The number of benzene rings is 1. The van der Waals surface area contributed by atoms with Crippen molar-refractivity contribution in [2.45, 2.75) is 26.7 Å². The standard InChI is InChI=1S/C20H19N3O2/c1-13-18(14(2)25-22-13)12-20(24)23-10-7-17-11-16(3-4-19(17)23)15-5-8-21-9-6-15/h3-6,8-9,11H,7,10,12H2,1-2H3. The summed E-state index contributed by atoms with van der Waals surface area (Å²) in [5, 5.41) is 3.93. The first-order chi connectivity index (χ1) is 12.1. The highest BCUT2D eigenvalue weighted by atomic mass is 16.5. The zero-order valence-corrected chi connectivity index (χ0v) is 14.3. The van der Waals surface area contributed by atoms with Gasteiger partial charge in [0.15, 0.2) is 0 Å². The lowest BCUT2D eigenvalue weighted by molar-refractivity contribution is -0.117. The van der Waals surface area contributed by atoms with Crippen LogP contribution in [0.1, 0.15) is 22.6 Å². The molecule has 0 saturated carbocycles. The maximum atomic E-state index is 12.8. The first kappa shape index (κ1) is 15.6. The average Bonchev–Trinajstić information content (AvgIpc) is 3.20. The third-order valence-electron chi connectivity index (χ3n) is 4.80. The van der Waals surface area contributed by atoms with Gasteiger partial charge in [-0.3, -0.25) is 9.78 Å². The van der Waals surface area contributed by atoms with E-state index in [1.54, 1.807) is 12.4 Å². The van der Waals surface area contributed by atoms with Crippen molar-refractivity contribution >= 4 is 11.6 Å². The lowest BCUT2D eigenvalue weighted by Gasteiger charge is -2.17. The zero-order chi connectivity index (χ0) is 17.4. The van der Waals surface area contributed by atoms with Crippen LogP contribution in [0.5, 0.6) is 0 Å². The Morgan fingerprint density at radius 3 is 2.68 bits per heavy atom.